The first-order valence-electron chi connectivity index (χ1n) is 5.09. The van der Waals surface area contributed by atoms with Gasteiger partial charge in [-0.05, 0) is 18.9 Å². The molecule has 0 saturated carbocycles. The van der Waals surface area contributed by atoms with E-state index in [1.165, 1.54) is 0 Å². The van der Waals surface area contributed by atoms with Crippen molar-refractivity contribution >= 4 is 11.6 Å². The number of ether oxygens (including phenoxy) is 1. The van der Waals surface area contributed by atoms with E-state index in [1.807, 2.05) is 0 Å². The zero-order valence-corrected chi connectivity index (χ0v) is 8.45. The molecule has 82 valence electrons. The SMILES string of the molecule is Nc1c[nH]c(C(=O)NCC2CCCO2)c1. The fourth-order valence-corrected chi connectivity index (χ4v) is 1.65. The minimum Gasteiger partial charge on any atom is -0.397 e. The van der Waals surface area contributed by atoms with Crippen LogP contribution in [0, 0.1) is 0 Å². The van der Waals surface area contributed by atoms with Gasteiger partial charge in [-0.25, -0.2) is 0 Å². The first-order chi connectivity index (χ1) is 7.25. The van der Waals surface area contributed by atoms with Crippen LogP contribution in [-0.4, -0.2) is 30.1 Å². The van der Waals surface area contributed by atoms with Crippen molar-refractivity contribution in [1.29, 1.82) is 0 Å². The molecular formula is C10H15N3O2. The molecular weight excluding hydrogens is 194 g/mol. The van der Waals surface area contributed by atoms with E-state index in [4.69, 9.17) is 10.5 Å². The molecule has 0 aliphatic carbocycles. The van der Waals surface area contributed by atoms with E-state index >= 15 is 0 Å². The zero-order chi connectivity index (χ0) is 10.7. The molecule has 4 N–H and O–H groups in total. The van der Waals surface area contributed by atoms with Crippen LogP contribution in [-0.2, 0) is 4.74 Å². The minimum atomic E-state index is -0.137. The topological polar surface area (TPSA) is 80.1 Å². The number of nitrogens with two attached hydrogens (primary N) is 1. The number of hydrogen-bond acceptors (Lipinski definition) is 3. The maximum Gasteiger partial charge on any atom is 0.267 e. The lowest BCUT2D eigenvalue weighted by Crippen LogP contribution is -2.31. The summed E-state index contributed by atoms with van der Waals surface area (Å²) >= 11 is 0. The first-order valence-corrected chi connectivity index (χ1v) is 5.09. The third-order valence-corrected chi connectivity index (χ3v) is 2.46. The molecule has 1 fully saturated rings. The number of aromatic amines is 1. The second-order valence-corrected chi connectivity index (χ2v) is 3.69. The van der Waals surface area contributed by atoms with Gasteiger partial charge in [-0.15, -0.1) is 0 Å². The van der Waals surface area contributed by atoms with Crippen molar-refractivity contribution in [1.82, 2.24) is 10.3 Å². The molecule has 1 aromatic rings. The quantitative estimate of drug-likeness (QED) is 0.678. The van der Waals surface area contributed by atoms with Crippen LogP contribution in [0.3, 0.4) is 0 Å². The highest BCUT2D eigenvalue weighted by molar-refractivity contribution is 5.93. The van der Waals surface area contributed by atoms with E-state index in [1.54, 1.807) is 12.3 Å². The zero-order valence-electron chi connectivity index (χ0n) is 8.45. The molecule has 2 rings (SSSR count). The molecule has 0 radical (unpaired) electrons. The summed E-state index contributed by atoms with van der Waals surface area (Å²) in [7, 11) is 0. The number of H-pyrrole nitrogens is 1. The van der Waals surface area contributed by atoms with Crippen molar-refractivity contribution in [2.24, 2.45) is 0 Å². The summed E-state index contributed by atoms with van der Waals surface area (Å²) < 4.78 is 5.39. The van der Waals surface area contributed by atoms with Gasteiger partial charge >= 0.3 is 0 Å². The van der Waals surface area contributed by atoms with Crippen molar-refractivity contribution in [2.45, 2.75) is 18.9 Å². The van der Waals surface area contributed by atoms with Crippen LogP contribution in [0.15, 0.2) is 12.3 Å². The van der Waals surface area contributed by atoms with E-state index in [2.05, 4.69) is 10.3 Å². The van der Waals surface area contributed by atoms with Gasteiger partial charge in [0.05, 0.1) is 6.10 Å². The maximum atomic E-state index is 11.6. The Hall–Kier alpha value is -1.49. The highest BCUT2D eigenvalue weighted by Gasteiger charge is 2.16. The summed E-state index contributed by atoms with van der Waals surface area (Å²) in [5.74, 6) is -0.137. The Labute approximate surface area is 88.0 Å². The molecule has 1 aliphatic heterocycles. The van der Waals surface area contributed by atoms with Crippen molar-refractivity contribution in [3.63, 3.8) is 0 Å². The fourth-order valence-electron chi connectivity index (χ4n) is 1.65. The predicted octanol–water partition coefficient (Wildman–Crippen LogP) is 0.506. The van der Waals surface area contributed by atoms with Gasteiger partial charge in [0.15, 0.2) is 0 Å². The van der Waals surface area contributed by atoms with E-state index in [0.29, 0.717) is 17.9 Å². The molecule has 1 saturated heterocycles. The summed E-state index contributed by atoms with van der Waals surface area (Å²) in [5.41, 5.74) is 6.56. The Bertz CT molecular complexity index is 342. The van der Waals surface area contributed by atoms with Crippen LogP contribution < -0.4 is 11.1 Å². The molecule has 0 bridgehead atoms. The first kappa shape index (κ1) is 10.0. The average Bonchev–Trinajstić information content (AvgIpc) is 2.84. The molecule has 5 heteroatoms. The van der Waals surface area contributed by atoms with Crippen molar-refractivity contribution in [3.8, 4) is 0 Å². The number of anilines is 1. The Kier molecular flexibility index (Phi) is 2.91. The van der Waals surface area contributed by atoms with Gasteiger partial charge in [0.1, 0.15) is 5.69 Å². The lowest BCUT2D eigenvalue weighted by molar-refractivity contribution is 0.0854. The highest BCUT2D eigenvalue weighted by atomic mass is 16.5. The molecule has 1 unspecified atom stereocenters. The highest BCUT2D eigenvalue weighted by Crippen LogP contribution is 2.11. The van der Waals surface area contributed by atoms with Crippen molar-refractivity contribution < 1.29 is 9.53 Å². The number of amides is 1. The number of carbonyl (C=O) groups excluding carboxylic acids is 1. The standard InChI is InChI=1S/C10H15N3O2/c11-7-4-9(12-5-7)10(14)13-6-8-2-1-3-15-8/h4-5,8,12H,1-3,6,11H2,(H,13,14). The second kappa shape index (κ2) is 4.35. The van der Waals surface area contributed by atoms with Crippen LogP contribution in [0.1, 0.15) is 23.3 Å². The summed E-state index contributed by atoms with van der Waals surface area (Å²) in [5, 5.41) is 2.80. The van der Waals surface area contributed by atoms with E-state index < -0.39 is 0 Å². The number of carbonyl (C=O) groups is 1. The molecule has 1 aromatic heterocycles. The Morgan fingerprint density at radius 2 is 2.60 bits per heavy atom. The van der Waals surface area contributed by atoms with E-state index in [9.17, 15) is 4.79 Å². The molecule has 1 amide bonds. The molecule has 1 aliphatic rings. The number of hydrogen-bond donors (Lipinski definition) is 3. The maximum absolute atomic E-state index is 11.6. The Balaban J connectivity index is 1.81. The number of aromatic nitrogens is 1. The third kappa shape index (κ3) is 2.50. The van der Waals surface area contributed by atoms with Gasteiger partial charge in [-0.3, -0.25) is 4.79 Å². The van der Waals surface area contributed by atoms with E-state index in [-0.39, 0.29) is 12.0 Å². The van der Waals surface area contributed by atoms with Gasteiger partial charge in [0.25, 0.3) is 5.91 Å². The molecule has 1 atom stereocenters. The van der Waals surface area contributed by atoms with Gasteiger partial charge in [0, 0.05) is 25.0 Å². The van der Waals surface area contributed by atoms with Crippen LogP contribution in [0.2, 0.25) is 0 Å². The van der Waals surface area contributed by atoms with E-state index in [0.717, 1.165) is 19.4 Å². The van der Waals surface area contributed by atoms with Crippen LogP contribution in [0.4, 0.5) is 5.69 Å². The van der Waals surface area contributed by atoms with Crippen molar-refractivity contribution in [2.75, 3.05) is 18.9 Å². The monoisotopic (exact) mass is 209 g/mol. The summed E-state index contributed by atoms with van der Waals surface area (Å²) in [6, 6.07) is 1.62. The van der Waals surface area contributed by atoms with Crippen LogP contribution in [0.5, 0.6) is 0 Å². The minimum absolute atomic E-state index is 0.137. The largest absolute Gasteiger partial charge is 0.397 e. The number of nitrogen functional groups attached to an aromatic ring is 1. The summed E-state index contributed by atoms with van der Waals surface area (Å²) in [6.45, 7) is 1.37. The molecule has 0 spiro atoms. The number of rotatable bonds is 3. The van der Waals surface area contributed by atoms with Gasteiger partial charge in [0.2, 0.25) is 0 Å². The average molecular weight is 209 g/mol. The van der Waals surface area contributed by atoms with Crippen LogP contribution >= 0.6 is 0 Å². The van der Waals surface area contributed by atoms with Gasteiger partial charge < -0.3 is 20.8 Å². The number of nitrogens with one attached hydrogen (secondary N) is 2. The second-order valence-electron chi connectivity index (χ2n) is 3.69. The third-order valence-electron chi connectivity index (χ3n) is 2.46. The Morgan fingerprint density at radius 3 is 3.20 bits per heavy atom. The fraction of sp³-hybridized carbons (Fsp3) is 0.500. The van der Waals surface area contributed by atoms with Gasteiger partial charge in [-0.2, -0.15) is 0 Å². The van der Waals surface area contributed by atoms with Crippen molar-refractivity contribution in [3.05, 3.63) is 18.0 Å². The summed E-state index contributed by atoms with van der Waals surface area (Å²) in [4.78, 5) is 14.4. The normalized spacial score (nSPS) is 20.4. The summed E-state index contributed by atoms with van der Waals surface area (Å²) in [6.07, 6.45) is 3.87. The lowest BCUT2D eigenvalue weighted by atomic mass is 10.2. The molecule has 15 heavy (non-hydrogen) atoms. The molecule has 0 aromatic carbocycles. The Morgan fingerprint density at radius 1 is 1.73 bits per heavy atom. The smallest absolute Gasteiger partial charge is 0.267 e. The molecule has 5 nitrogen and oxygen atoms in total. The van der Waals surface area contributed by atoms with Gasteiger partial charge in [-0.1, -0.05) is 0 Å². The predicted molar refractivity (Wildman–Crippen MR) is 56.5 cm³/mol. The molecule has 2 heterocycles. The van der Waals surface area contributed by atoms with Crippen LogP contribution in [0.25, 0.3) is 0 Å². The lowest BCUT2D eigenvalue weighted by Gasteiger charge is -2.09.